The topological polar surface area (TPSA) is 50.8 Å². The molecule has 5 nitrogen and oxygen atoms in total. The number of carbonyl (C=O) groups excluding carboxylic acids is 1. The maximum atomic E-state index is 12.6. The van der Waals surface area contributed by atoms with Crippen LogP contribution >= 0.6 is 23.4 Å². The van der Waals surface area contributed by atoms with E-state index in [4.69, 9.17) is 21.1 Å². The Bertz CT molecular complexity index is 817. The standard InChI is InChI=1S/C19H19ClN2O3S/c20-14-3-1-2-4-15(14)21-19(23)22-8-7-18(26-10-9-22)13-5-6-16-17(11-13)25-12-24-16/h1-6,11,18H,7-10,12H2,(H,21,23). The minimum Gasteiger partial charge on any atom is -0.454 e. The van der Waals surface area contributed by atoms with E-state index < -0.39 is 0 Å². The quantitative estimate of drug-likeness (QED) is 0.801. The van der Waals surface area contributed by atoms with E-state index in [2.05, 4.69) is 17.4 Å². The van der Waals surface area contributed by atoms with Crippen molar-refractivity contribution < 1.29 is 14.3 Å². The van der Waals surface area contributed by atoms with Crippen molar-refractivity contribution in [3.05, 3.63) is 53.1 Å². The molecule has 2 aliphatic heterocycles. The van der Waals surface area contributed by atoms with Crippen LogP contribution in [0.15, 0.2) is 42.5 Å². The molecule has 26 heavy (non-hydrogen) atoms. The second kappa shape index (κ2) is 7.68. The first kappa shape index (κ1) is 17.4. The second-order valence-electron chi connectivity index (χ2n) is 6.16. The fourth-order valence-electron chi connectivity index (χ4n) is 3.11. The number of anilines is 1. The van der Waals surface area contributed by atoms with Gasteiger partial charge in [0.2, 0.25) is 6.79 Å². The Hall–Kier alpha value is -2.05. The third-order valence-corrected chi connectivity index (χ3v) is 6.17. The lowest BCUT2D eigenvalue weighted by molar-refractivity contribution is 0.174. The van der Waals surface area contributed by atoms with Crippen LogP contribution in [0.3, 0.4) is 0 Å². The van der Waals surface area contributed by atoms with Gasteiger partial charge < -0.3 is 19.7 Å². The summed E-state index contributed by atoms with van der Waals surface area (Å²) in [6.45, 7) is 1.69. The summed E-state index contributed by atoms with van der Waals surface area (Å²) in [6.07, 6.45) is 0.889. The number of carbonyl (C=O) groups is 1. The third kappa shape index (κ3) is 3.71. The highest BCUT2D eigenvalue weighted by Crippen LogP contribution is 2.40. The number of nitrogens with one attached hydrogen (secondary N) is 1. The highest BCUT2D eigenvalue weighted by molar-refractivity contribution is 7.99. The average molecular weight is 391 g/mol. The molecule has 0 aromatic heterocycles. The number of benzene rings is 2. The zero-order chi connectivity index (χ0) is 17.9. The van der Waals surface area contributed by atoms with Crippen LogP contribution in [-0.2, 0) is 0 Å². The number of fused-ring (bicyclic) bond motifs is 1. The summed E-state index contributed by atoms with van der Waals surface area (Å²) >= 11 is 8.00. The minimum atomic E-state index is -0.106. The number of ether oxygens (including phenoxy) is 2. The Morgan fingerprint density at radius 2 is 2.00 bits per heavy atom. The molecule has 136 valence electrons. The van der Waals surface area contributed by atoms with Crippen molar-refractivity contribution in [3.63, 3.8) is 0 Å². The predicted molar refractivity (Wildman–Crippen MR) is 104 cm³/mol. The van der Waals surface area contributed by atoms with Crippen molar-refractivity contribution in [1.29, 1.82) is 0 Å². The molecule has 0 saturated carbocycles. The van der Waals surface area contributed by atoms with Gasteiger partial charge in [-0.05, 0) is 36.2 Å². The number of urea groups is 1. The van der Waals surface area contributed by atoms with Crippen LogP contribution in [0.25, 0.3) is 0 Å². The van der Waals surface area contributed by atoms with Crippen molar-refractivity contribution in [2.24, 2.45) is 0 Å². The largest absolute Gasteiger partial charge is 0.454 e. The molecule has 0 radical (unpaired) electrons. The first-order chi connectivity index (χ1) is 12.7. The summed E-state index contributed by atoms with van der Waals surface area (Å²) in [5.74, 6) is 2.49. The van der Waals surface area contributed by atoms with Crippen molar-refractivity contribution in [2.45, 2.75) is 11.7 Å². The number of thioether (sulfide) groups is 1. The van der Waals surface area contributed by atoms with Gasteiger partial charge in [-0.3, -0.25) is 0 Å². The number of hydrogen-bond donors (Lipinski definition) is 1. The van der Waals surface area contributed by atoms with Crippen LogP contribution in [0.1, 0.15) is 17.2 Å². The maximum absolute atomic E-state index is 12.6. The summed E-state index contributed by atoms with van der Waals surface area (Å²) in [4.78, 5) is 14.4. The van der Waals surface area contributed by atoms with E-state index >= 15 is 0 Å². The van der Waals surface area contributed by atoms with Crippen LogP contribution in [0, 0.1) is 0 Å². The van der Waals surface area contributed by atoms with Gasteiger partial charge in [0, 0.05) is 24.1 Å². The number of amides is 2. The van der Waals surface area contributed by atoms with Gasteiger partial charge in [-0.2, -0.15) is 11.8 Å². The zero-order valence-electron chi connectivity index (χ0n) is 14.1. The molecule has 0 aliphatic carbocycles. The van der Waals surface area contributed by atoms with Gasteiger partial charge in [0.1, 0.15) is 0 Å². The molecule has 1 N–H and O–H groups in total. The van der Waals surface area contributed by atoms with E-state index in [0.29, 0.717) is 29.0 Å². The van der Waals surface area contributed by atoms with Gasteiger partial charge >= 0.3 is 6.03 Å². The van der Waals surface area contributed by atoms with Crippen LogP contribution < -0.4 is 14.8 Å². The molecule has 0 bridgehead atoms. The molecular weight excluding hydrogens is 372 g/mol. The molecule has 1 atom stereocenters. The first-order valence-electron chi connectivity index (χ1n) is 8.52. The van der Waals surface area contributed by atoms with Crippen LogP contribution in [0.2, 0.25) is 5.02 Å². The lowest BCUT2D eigenvalue weighted by Crippen LogP contribution is -2.36. The molecule has 2 aromatic carbocycles. The summed E-state index contributed by atoms with van der Waals surface area (Å²) in [5.41, 5.74) is 1.86. The average Bonchev–Trinajstić information content (AvgIpc) is 2.98. The van der Waals surface area contributed by atoms with E-state index in [1.807, 2.05) is 40.9 Å². The molecule has 2 heterocycles. The third-order valence-electron chi connectivity index (χ3n) is 4.51. The SMILES string of the molecule is O=C(Nc1ccccc1Cl)N1CCSC(c2ccc3c(c2)OCO3)CC1. The van der Waals surface area contributed by atoms with Crippen molar-refractivity contribution in [3.8, 4) is 11.5 Å². The number of nitrogens with zero attached hydrogens (tertiary/aromatic N) is 1. The zero-order valence-corrected chi connectivity index (χ0v) is 15.7. The molecule has 1 unspecified atom stereocenters. The summed E-state index contributed by atoms with van der Waals surface area (Å²) < 4.78 is 10.9. The van der Waals surface area contributed by atoms with Gasteiger partial charge in [0.25, 0.3) is 0 Å². The van der Waals surface area contributed by atoms with E-state index in [9.17, 15) is 4.79 Å². The van der Waals surface area contributed by atoms with Crippen LogP contribution in [0.4, 0.5) is 10.5 Å². The maximum Gasteiger partial charge on any atom is 0.321 e. The highest BCUT2D eigenvalue weighted by atomic mass is 35.5. The Balaban J connectivity index is 1.40. The minimum absolute atomic E-state index is 0.106. The molecule has 2 aromatic rings. The normalized spacial score (nSPS) is 19.1. The lowest BCUT2D eigenvalue weighted by atomic mass is 10.1. The Morgan fingerprint density at radius 1 is 1.15 bits per heavy atom. The monoisotopic (exact) mass is 390 g/mol. The molecule has 4 rings (SSSR count). The summed E-state index contributed by atoms with van der Waals surface area (Å²) in [5, 5.41) is 3.79. The van der Waals surface area contributed by atoms with E-state index in [1.165, 1.54) is 5.56 Å². The Morgan fingerprint density at radius 3 is 2.88 bits per heavy atom. The number of hydrogen-bond acceptors (Lipinski definition) is 4. The molecule has 2 aliphatic rings. The number of halogens is 1. The van der Waals surface area contributed by atoms with Crippen LogP contribution in [0.5, 0.6) is 11.5 Å². The number of rotatable bonds is 2. The smallest absolute Gasteiger partial charge is 0.321 e. The van der Waals surface area contributed by atoms with E-state index in [1.54, 1.807) is 6.07 Å². The van der Waals surface area contributed by atoms with Crippen molar-refractivity contribution >= 4 is 35.1 Å². The second-order valence-corrected chi connectivity index (χ2v) is 7.88. The first-order valence-corrected chi connectivity index (χ1v) is 9.95. The van der Waals surface area contributed by atoms with Crippen molar-refractivity contribution in [2.75, 3.05) is 31.0 Å². The van der Waals surface area contributed by atoms with E-state index in [0.717, 1.165) is 23.7 Å². The Labute approximate surface area is 161 Å². The van der Waals surface area contributed by atoms with Crippen LogP contribution in [-0.4, -0.2) is 36.6 Å². The highest BCUT2D eigenvalue weighted by Gasteiger charge is 2.24. The van der Waals surface area contributed by atoms with E-state index in [-0.39, 0.29) is 12.8 Å². The van der Waals surface area contributed by atoms with Gasteiger partial charge in [0.05, 0.1) is 10.7 Å². The molecule has 1 fully saturated rings. The Kier molecular flexibility index (Phi) is 5.13. The van der Waals surface area contributed by atoms with Gasteiger partial charge in [-0.25, -0.2) is 4.79 Å². The molecule has 2 amide bonds. The summed E-state index contributed by atoms with van der Waals surface area (Å²) in [7, 11) is 0. The fraction of sp³-hybridized carbons (Fsp3) is 0.316. The molecule has 7 heteroatoms. The van der Waals surface area contributed by atoms with Gasteiger partial charge in [-0.1, -0.05) is 29.8 Å². The molecular formula is C19H19ClN2O3S. The fourth-order valence-corrected chi connectivity index (χ4v) is 4.51. The van der Waals surface area contributed by atoms with Crippen molar-refractivity contribution in [1.82, 2.24) is 4.90 Å². The molecule has 0 spiro atoms. The number of para-hydroxylation sites is 1. The van der Waals surface area contributed by atoms with Gasteiger partial charge in [0.15, 0.2) is 11.5 Å². The summed E-state index contributed by atoms with van der Waals surface area (Å²) in [6, 6.07) is 13.3. The van der Waals surface area contributed by atoms with Gasteiger partial charge in [-0.15, -0.1) is 0 Å². The molecule has 1 saturated heterocycles. The predicted octanol–water partition coefficient (Wildman–Crippen LogP) is 4.78. The lowest BCUT2D eigenvalue weighted by Gasteiger charge is -2.21.